The zero-order valence-electron chi connectivity index (χ0n) is 2.87. The number of hydrogen-bond donors (Lipinski definition) is 0. The molecule has 0 heterocycles. The molecule has 0 spiro atoms. The summed E-state index contributed by atoms with van der Waals surface area (Å²) in [6, 6.07) is 0. The van der Waals surface area contributed by atoms with Gasteiger partial charge < -0.3 is 0 Å². The van der Waals surface area contributed by atoms with Crippen molar-refractivity contribution in [1.29, 1.82) is 0 Å². The molecule has 0 aromatic rings. The molecule has 0 unspecified atom stereocenters. The van der Waals surface area contributed by atoms with Crippen molar-refractivity contribution >= 4 is 0 Å². The normalized spacial score (nSPS) is 10.3. The molecule has 0 saturated carbocycles. The van der Waals surface area contributed by atoms with E-state index in [0.29, 0.717) is 6.15 Å². The first-order valence-electron chi connectivity index (χ1n) is 1.19. The molecule has 0 aromatic heterocycles. The number of hydrogen-bond acceptors (Lipinski definition) is 0. The van der Waals surface area contributed by atoms with E-state index in [2.05, 4.69) is 6.92 Å². The van der Waals surface area contributed by atoms with Crippen molar-refractivity contribution < 1.29 is 13.4 Å². The fourth-order valence-electron chi connectivity index (χ4n) is 0. The summed E-state index contributed by atoms with van der Waals surface area (Å²) < 4.78 is 30.7. The van der Waals surface area contributed by atoms with E-state index in [4.69, 9.17) is 4.65 Å². The molecule has 0 atom stereocenters. The zero-order valence-corrected chi connectivity index (χ0v) is 2.87. The van der Waals surface area contributed by atoms with Gasteiger partial charge >= 0.3 is 32.4 Å². The van der Waals surface area contributed by atoms with Crippen molar-refractivity contribution in [3.63, 3.8) is 0 Å². The summed E-state index contributed by atoms with van der Waals surface area (Å²) in [5.41, 5.74) is 0. The Bertz CT molecular complexity index is 75.8. The molecule has 1 nitrogen and oxygen atoms in total. The Balaban J connectivity index is 3.55. The molecule has 0 aliphatic rings. The number of halogens is 2. The standard InChI is InChI=1S/C3H2F2O/c1-3(4,5)2-6/h1H2. The fourth-order valence-corrected chi connectivity index (χ4v) is 0. The second-order valence-electron chi connectivity index (χ2n) is 0.807. The summed E-state index contributed by atoms with van der Waals surface area (Å²) in [6.07, 6.45) is 0.410. The Morgan fingerprint density at radius 3 is 1.83 bits per heavy atom. The maximum absolute atomic E-state index is 10.9. The minimum atomic E-state index is -3.51. The van der Waals surface area contributed by atoms with Crippen LogP contribution in [0, 0.1) is 13.1 Å². The van der Waals surface area contributed by atoms with Crippen LogP contribution in [0.15, 0.2) is 0 Å². The van der Waals surface area contributed by atoms with Crippen LogP contribution in [0.5, 0.6) is 0 Å². The monoisotopic (exact) mass is 92.0 g/mol. The van der Waals surface area contributed by atoms with Gasteiger partial charge in [0.1, 0.15) is 0 Å². The van der Waals surface area contributed by atoms with E-state index in [1.165, 1.54) is 0 Å². The van der Waals surface area contributed by atoms with E-state index in [-0.39, 0.29) is 0 Å². The Morgan fingerprint density at radius 1 is 1.67 bits per heavy atom. The fraction of sp³-hybridized carbons (Fsp3) is 0.333. The Hall–Kier alpha value is -0.400. The van der Waals surface area contributed by atoms with Crippen LogP contribution in [0.25, 0.3) is 0 Å². The molecule has 0 aromatic carbocycles. The first kappa shape index (κ1) is 5.60. The van der Waals surface area contributed by atoms with Crippen LogP contribution in [0.4, 0.5) is 8.78 Å². The minimum absolute atomic E-state index is 0.410. The van der Waals surface area contributed by atoms with E-state index >= 15 is 0 Å². The number of rotatable bonds is 0. The molecule has 0 N–H and O–H groups in total. The van der Waals surface area contributed by atoms with E-state index in [1.54, 1.807) is 0 Å². The summed E-state index contributed by atoms with van der Waals surface area (Å²) in [5.74, 6) is -3.51. The van der Waals surface area contributed by atoms with Crippen molar-refractivity contribution in [3.8, 4) is 6.15 Å². The van der Waals surface area contributed by atoms with Gasteiger partial charge in [0.2, 0.25) is 0 Å². The molecule has 0 aliphatic carbocycles. The van der Waals surface area contributed by atoms with Gasteiger partial charge in [0, 0.05) is 0 Å². The summed E-state index contributed by atoms with van der Waals surface area (Å²) in [5, 5.41) is 0. The van der Waals surface area contributed by atoms with Gasteiger partial charge in [0.25, 0.3) is 0 Å². The molecule has 0 amide bonds. The first-order chi connectivity index (χ1) is 2.56. The molecule has 0 saturated heterocycles. The van der Waals surface area contributed by atoms with E-state index < -0.39 is 5.92 Å². The van der Waals surface area contributed by atoms with Crippen molar-refractivity contribution in [2.75, 3.05) is 0 Å². The molecule has 3 heteroatoms. The van der Waals surface area contributed by atoms with E-state index in [1.807, 2.05) is 0 Å². The summed E-state index contributed by atoms with van der Waals surface area (Å²) in [4.78, 5) is 0. The van der Waals surface area contributed by atoms with Crippen LogP contribution < -0.4 is 0 Å². The second-order valence-corrected chi connectivity index (χ2v) is 0.807. The molecule has 34 valence electrons. The summed E-state index contributed by atoms with van der Waals surface area (Å²) in [6.45, 7) is 2.13. The second kappa shape index (κ2) is 1.37. The van der Waals surface area contributed by atoms with E-state index in [0.717, 1.165) is 0 Å². The summed E-state index contributed by atoms with van der Waals surface area (Å²) in [7, 11) is 0. The van der Waals surface area contributed by atoms with Crippen LogP contribution in [0.1, 0.15) is 0 Å². The molecule has 0 radical (unpaired) electrons. The molecule has 0 bridgehead atoms. The number of alkyl halides is 2. The third-order valence-electron chi connectivity index (χ3n) is 0.149. The van der Waals surface area contributed by atoms with Gasteiger partial charge in [-0.2, -0.15) is 0 Å². The Kier molecular flexibility index (Phi) is 1.28. The van der Waals surface area contributed by atoms with Crippen LogP contribution in [-0.2, 0) is 4.65 Å². The van der Waals surface area contributed by atoms with Gasteiger partial charge in [0.05, 0.1) is 0 Å². The van der Waals surface area contributed by atoms with Gasteiger partial charge in [-0.1, -0.05) is 0 Å². The third kappa shape index (κ3) is 3.60. The van der Waals surface area contributed by atoms with Gasteiger partial charge in [-0.15, -0.1) is 0 Å². The topological polar surface area (TPSA) is 19.9 Å². The predicted molar refractivity (Wildman–Crippen MR) is 14.9 cm³/mol. The molecule has 0 fully saturated rings. The maximum atomic E-state index is 10.9. The van der Waals surface area contributed by atoms with Gasteiger partial charge in [-0.25, -0.2) is 0 Å². The quantitative estimate of drug-likeness (QED) is 0.312. The third-order valence-corrected chi connectivity index (χ3v) is 0.149. The zero-order chi connectivity index (χ0) is 5.21. The van der Waals surface area contributed by atoms with Crippen LogP contribution in [0.3, 0.4) is 0 Å². The molecule has 0 aliphatic heterocycles. The Labute approximate surface area is 33.7 Å². The van der Waals surface area contributed by atoms with Gasteiger partial charge in [-0.3, -0.25) is 0 Å². The average Bonchev–Trinajstić information content (AvgIpc) is 1.35. The van der Waals surface area contributed by atoms with E-state index in [9.17, 15) is 8.78 Å². The van der Waals surface area contributed by atoms with Crippen molar-refractivity contribution in [2.45, 2.75) is 5.92 Å². The van der Waals surface area contributed by atoms with Crippen molar-refractivity contribution in [2.24, 2.45) is 0 Å². The molecular weight excluding hydrogens is 90.0 g/mol. The molecular formula is C3H2F2O. The van der Waals surface area contributed by atoms with Crippen molar-refractivity contribution in [1.82, 2.24) is 0 Å². The van der Waals surface area contributed by atoms with Gasteiger partial charge in [-0.05, 0) is 0 Å². The molecule has 0 rings (SSSR count). The van der Waals surface area contributed by atoms with Crippen molar-refractivity contribution in [3.05, 3.63) is 6.92 Å². The molecule has 6 heavy (non-hydrogen) atoms. The van der Waals surface area contributed by atoms with Gasteiger partial charge in [0.15, 0.2) is 0 Å². The van der Waals surface area contributed by atoms with Crippen LogP contribution >= 0.6 is 0 Å². The van der Waals surface area contributed by atoms with Crippen LogP contribution in [-0.4, -0.2) is 5.92 Å². The average molecular weight is 92.0 g/mol. The predicted octanol–water partition coefficient (Wildman–Crippen LogP) is 0.845. The van der Waals surface area contributed by atoms with Crippen LogP contribution in [0.2, 0.25) is 0 Å². The summed E-state index contributed by atoms with van der Waals surface area (Å²) >= 11 is 0. The first-order valence-corrected chi connectivity index (χ1v) is 1.19. The Morgan fingerprint density at radius 2 is 1.83 bits per heavy atom. The SMILES string of the molecule is [CH2-]C(F)(F)C#[O+].